The van der Waals surface area contributed by atoms with Crippen LogP contribution in [0.15, 0.2) is 30.4 Å². The van der Waals surface area contributed by atoms with Gasteiger partial charge in [-0.2, -0.15) is 26.3 Å². The molecule has 0 radical (unpaired) electrons. The Bertz CT molecular complexity index is 604. The first-order valence-corrected chi connectivity index (χ1v) is 7.48. The average Bonchev–Trinajstić information content (AvgIpc) is 2.46. The van der Waals surface area contributed by atoms with Crippen LogP contribution in [0.5, 0.6) is 0 Å². The van der Waals surface area contributed by atoms with Crippen LogP contribution < -0.4 is 10.6 Å². The molecule has 0 fully saturated rings. The predicted molar refractivity (Wildman–Crippen MR) is 82.6 cm³/mol. The van der Waals surface area contributed by atoms with Crippen molar-refractivity contribution in [3.63, 3.8) is 0 Å². The van der Waals surface area contributed by atoms with Gasteiger partial charge in [0.1, 0.15) is 0 Å². The normalized spacial score (nSPS) is 18.3. The van der Waals surface area contributed by atoms with E-state index in [4.69, 9.17) is 12.2 Å². The van der Waals surface area contributed by atoms with Crippen molar-refractivity contribution in [1.82, 2.24) is 5.32 Å². The van der Waals surface area contributed by atoms with Gasteiger partial charge in [0.25, 0.3) is 0 Å². The lowest BCUT2D eigenvalue weighted by Crippen LogP contribution is -2.38. The highest BCUT2D eigenvalue weighted by Gasteiger charge is 2.37. The summed E-state index contributed by atoms with van der Waals surface area (Å²) in [5.41, 5.74) is -3.13. The van der Waals surface area contributed by atoms with Crippen molar-refractivity contribution in [2.24, 2.45) is 0 Å². The molecule has 1 aromatic rings. The van der Waals surface area contributed by atoms with E-state index in [1.54, 1.807) is 0 Å². The highest BCUT2D eigenvalue weighted by Crippen LogP contribution is 2.37. The fourth-order valence-corrected chi connectivity index (χ4v) is 2.59. The standard InChI is InChI=1S/C15H14F6N2S/c16-14(17,18)9-6-10(15(19,20)21)8-12(7-9)23-13(24)22-11-4-2-1-3-5-11/h1-2,6-8,11H,3-5H2,(H2,22,23,24). The SMILES string of the molecule is FC(F)(F)c1cc(NC(=S)NC2CC=CCC2)cc(C(F)(F)F)c1. The first-order valence-electron chi connectivity index (χ1n) is 7.08. The van der Waals surface area contributed by atoms with Crippen LogP contribution in [0.3, 0.4) is 0 Å². The highest BCUT2D eigenvalue weighted by atomic mass is 32.1. The topological polar surface area (TPSA) is 24.1 Å². The zero-order valence-electron chi connectivity index (χ0n) is 12.3. The van der Waals surface area contributed by atoms with E-state index in [1.165, 1.54) is 0 Å². The molecule has 0 saturated heterocycles. The maximum absolute atomic E-state index is 12.8. The Hall–Kier alpha value is -1.77. The second kappa shape index (κ2) is 7.00. The molecular weight excluding hydrogens is 354 g/mol. The number of anilines is 1. The van der Waals surface area contributed by atoms with Gasteiger partial charge in [-0.25, -0.2) is 0 Å². The number of hydrogen-bond donors (Lipinski definition) is 2. The van der Waals surface area contributed by atoms with Gasteiger partial charge in [0.05, 0.1) is 11.1 Å². The van der Waals surface area contributed by atoms with Crippen LogP contribution in [-0.2, 0) is 12.4 Å². The zero-order chi connectivity index (χ0) is 18.0. The largest absolute Gasteiger partial charge is 0.416 e. The molecule has 132 valence electrons. The summed E-state index contributed by atoms with van der Waals surface area (Å²) >= 11 is 4.98. The highest BCUT2D eigenvalue weighted by molar-refractivity contribution is 7.80. The van der Waals surface area contributed by atoms with Crippen LogP contribution in [0.25, 0.3) is 0 Å². The maximum atomic E-state index is 12.8. The van der Waals surface area contributed by atoms with Gasteiger partial charge in [0, 0.05) is 11.7 Å². The van der Waals surface area contributed by atoms with Crippen molar-refractivity contribution in [3.8, 4) is 0 Å². The summed E-state index contributed by atoms with van der Waals surface area (Å²) in [6, 6.07) is 1.28. The molecule has 1 unspecified atom stereocenters. The summed E-state index contributed by atoms with van der Waals surface area (Å²) in [5, 5.41) is 5.29. The van der Waals surface area contributed by atoms with Crippen LogP contribution in [0, 0.1) is 0 Å². The third-order valence-electron chi connectivity index (χ3n) is 3.45. The molecule has 0 amide bonds. The molecule has 24 heavy (non-hydrogen) atoms. The minimum absolute atomic E-state index is 0.00267. The molecule has 1 aromatic carbocycles. The molecule has 0 spiro atoms. The van der Waals surface area contributed by atoms with Crippen LogP contribution >= 0.6 is 12.2 Å². The number of rotatable bonds is 2. The summed E-state index contributed by atoms with van der Waals surface area (Å²) in [7, 11) is 0. The van der Waals surface area contributed by atoms with Crippen molar-refractivity contribution in [2.75, 3.05) is 5.32 Å². The summed E-state index contributed by atoms with van der Waals surface area (Å²) in [6.07, 6.45) is -3.52. The molecule has 1 aliphatic carbocycles. The third kappa shape index (κ3) is 5.12. The molecular formula is C15H14F6N2S. The van der Waals surface area contributed by atoms with Crippen molar-refractivity contribution < 1.29 is 26.3 Å². The lowest BCUT2D eigenvalue weighted by Gasteiger charge is -2.22. The van der Waals surface area contributed by atoms with E-state index in [9.17, 15) is 26.3 Å². The number of allylic oxidation sites excluding steroid dienone is 1. The number of alkyl halides is 6. The maximum Gasteiger partial charge on any atom is 0.416 e. The molecule has 1 atom stereocenters. The molecule has 2 N–H and O–H groups in total. The average molecular weight is 368 g/mol. The lowest BCUT2D eigenvalue weighted by atomic mass is 10.0. The Morgan fingerprint density at radius 1 is 0.958 bits per heavy atom. The first kappa shape index (κ1) is 18.6. The lowest BCUT2D eigenvalue weighted by molar-refractivity contribution is -0.143. The van der Waals surface area contributed by atoms with Crippen LogP contribution in [0.2, 0.25) is 0 Å². The quantitative estimate of drug-likeness (QED) is 0.430. The van der Waals surface area contributed by atoms with Crippen LogP contribution in [0.4, 0.5) is 32.0 Å². The number of thiocarbonyl (C=S) groups is 1. The van der Waals surface area contributed by atoms with Crippen molar-refractivity contribution in [1.29, 1.82) is 0 Å². The monoisotopic (exact) mass is 368 g/mol. The molecule has 0 bridgehead atoms. The molecule has 9 heteroatoms. The van der Waals surface area contributed by atoms with Gasteiger partial charge < -0.3 is 10.6 Å². The van der Waals surface area contributed by atoms with Gasteiger partial charge in [-0.15, -0.1) is 0 Å². The van der Waals surface area contributed by atoms with E-state index in [-0.39, 0.29) is 22.9 Å². The molecule has 0 saturated carbocycles. The Kier molecular flexibility index (Phi) is 5.42. The Morgan fingerprint density at radius 3 is 2.00 bits per heavy atom. The molecule has 0 heterocycles. The Morgan fingerprint density at radius 2 is 1.54 bits per heavy atom. The predicted octanol–water partition coefficient (Wildman–Crippen LogP) is 5.12. The van der Waals surface area contributed by atoms with Crippen molar-refractivity contribution in [2.45, 2.75) is 37.7 Å². The van der Waals surface area contributed by atoms with E-state index >= 15 is 0 Å². The number of hydrogen-bond acceptors (Lipinski definition) is 1. The van der Waals surface area contributed by atoms with Crippen LogP contribution in [0.1, 0.15) is 30.4 Å². The smallest absolute Gasteiger partial charge is 0.359 e. The van der Waals surface area contributed by atoms with E-state index < -0.39 is 23.5 Å². The Balaban J connectivity index is 2.19. The summed E-state index contributed by atoms with van der Waals surface area (Å²) < 4.78 is 76.8. The van der Waals surface area contributed by atoms with E-state index in [2.05, 4.69) is 10.6 Å². The van der Waals surface area contributed by atoms with Crippen molar-refractivity contribution in [3.05, 3.63) is 41.5 Å². The fraction of sp³-hybridized carbons (Fsp3) is 0.400. The number of benzene rings is 1. The second-order valence-electron chi connectivity index (χ2n) is 5.37. The van der Waals surface area contributed by atoms with Crippen molar-refractivity contribution >= 4 is 23.0 Å². The van der Waals surface area contributed by atoms with E-state index in [1.807, 2.05) is 12.2 Å². The van der Waals surface area contributed by atoms with Gasteiger partial charge in [0.15, 0.2) is 5.11 Å². The van der Waals surface area contributed by atoms with Gasteiger partial charge in [-0.3, -0.25) is 0 Å². The fourth-order valence-electron chi connectivity index (χ4n) is 2.30. The van der Waals surface area contributed by atoms with Gasteiger partial charge in [-0.1, -0.05) is 12.2 Å². The third-order valence-corrected chi connectivity index (χ3v) is 3.67. The number of nitrogens with one attached hydrogen (secondary N) is 2. The van der Waals surface area contributed by atoms with E-state index in [0.717, 1.165) is 12.8 Å². The molecule has 1 aliphatic rings. The second-order valence-corrected chi connectivity index (χ2v) is 5.78. The molecule has 2 nitrogen and oxygen atoms in total. The Labute approximate surface area is 139 Å². The van der Waals surface area contributed by atoms with Crippen LogP contribution in [-0.4, -0.2) is 11.2 Å². The van der Waals surface area contributed by atoms with Gasteiger partial charge >= 0.3 is 12.4 Å². The van der Waals surface area contributed by atoms with E-state index in [0.29, 0.717) is 18.6 Å². The first-order chi connectivity index (χ1) is 11.1. The van der Waals surface area contributed by atoms with Gasteiger partial charge in [0.2, 0.25) is 0 Å². The molecule has 0 aliphatic heterocycles. The summed E-state index contributed by atoms with van der Waals surface area (Å²) in [5.74, 6) is 0. The summed E-state index contributed by atoms with van der Waals surface area (Å²) in [4.78, 5) is 0. The minimum Gasteiger partial charge on any atom is -0.359 e. The summed E-state index contributed by atoms with van der Waals surface area (Å²) in [6.45, 7) is 0. The minimum atomic E-state index is -4.89. The molecule has 0 aromatic heterocycles. The zero-order valence-corrected chi connectivity index (χ0v) is 13.1. The molecule has 2 rings (SSSR count). The number of halogens is 6. The van der Waals surface area contributed by atoms with Gasteiger partial charge in [-0.05, 0) is 49.7 Å².